The third-order valence-electron chi connectivity index (χ3n) is 2.69. The van der Waals surface area contributed by atoms with Gasteiger partial charge in [-0.2, -0.15) is 0 Å². The van der Waals surface area contributed by atoms with Crippen molar-refractivity contribution in [1.82, 2.24) is 5.32 Å². The van der Waals surface area contributed by atoms with E-state index in [1.54, 1.807) is 7.11 Å². The van der Waals surface area contributed by atoms with Crippen LogP contribution in [-0.4, -0.2) is 20.2 Å². The van der Waals surface area contributed by atoms with Crippen molar-refractivity contribution in [2.45, 2.75) is 19.9 Å². The standard InChI is InChI=1S/C13H18BrNO/c1-9(10(2)15-3)7-11-8-12(14)5-6-13(11)16-4/h5-8,10,15H,1-4H3/b9-7+. The minimum Gasteiger partial charge on any atom is -0.496 e. The molecule has 1 atom stereocenters. The number of methoxy groups -OCH3 is 1. The Morgan fingerprint density at radius 3 is 2.75 bits per heavy atom. The van der Waals surface area contributed by atoms with Crippen molar-refractivity contribution in [1.29, 1.82) is 0 Å². The fraction of sp³-hybridized carbons (Fsp3) is 0.385. The van der Waals surface area contributed by atoms with Gasteiger partial charge in [-0.1, -0.05) is 27.6 Å². The molecule has 0 saturated carbocycles. The molecule has 0 fully saturated rings. The van der Waals surface area contributed by atoms with Crippen LogP contribution < -0.4 is 10.1 Å². The molecule has 0 aliphatic heterocycles. The Morgan fingerprint density at radius 1 is 1.50 bits per heavy atom. The number of halogens is 1. The molecule has 0 heterocycles. The fourth-order valence-corrected chi connectivity index (χ4v) is 1.79. The lowest BCUT2D eigenvalue weighted by Crippen LogP contribution is -2.21. The SMILES string of the molecule is CNC(C)/C(C)=C/c1cc(Br)ccc1OC. The van der Waals surface area contributed by atoms with E-state index in [1.807, 2.05) is 19.2 Å². The first-order valence-corrected chi connectivity index (χ1v) is 6.06. The van der Waals surface area contributed by atoms with E-state index < -0.39 is 0 Å². The summed E-state index contributed by atoms with van der Waals surface area (Å²) >= 11 is 3.47. The maximum absolute atomic E-state index is 5.33. The molecule has 0 aliphatic rings. The Balaban J connectivity index is 3.07. The Hall–Kier alpha value is -0.800. The van der Waals surface area contributed by atoms with Crippen molar-refractivity contribution < 1.29 is 4.74 Å². The number of hydrogen-bond acceptors (Lipinski definition) is 2. The molecule has 1 unspecified atom stereocenters. The topological polar surface area (TPSA) is 21.3 Å². The highest BCUT2D eigenvalue weighted by atomic mass is 79.9. The largest absolute Gasteiger partial charge is 0.496 e. The summed E-state index contributed by atoms with van der Waals surface area (Å²) in [7, 11) is 3.65. The molecule has 0 amide bonds. The second-order valence-electron chi connectivity index (χ2n) is 3.78. The van der Waals surface area contributed by atoms with E-state index in [9.17, 15) is 0 Å². The van der Waals surface area contributed by atoms with Crippen LogP contribution in [0.1, 0.15) is 19.4 Å². The van der Waals surface area contributed by atoms with Crippen LogP contribution in [0.5, 0.6) is 5.75 Å². The first-order chi connectivity index (χ1) is 7.58. The number of ether oxygens (including phenoxy) is 1. The monoisotopic (exact) mass is 283 g/mol. The quantitative estimate of drug-likeness (QED) is 0.914. The molecule has 16 heavy (non-hydrogen) atoms. The van der Waals surface area contributed by atoms with Gasteiger partial charge in [-0.05, 0) is 39.1 Å². The Kier molecular flexibility index (Phi) is 5.03. The van der Waals surface area contributed by atoms with Gasteiger partial charge in [0.2, 0.25) is 0 Å². The summed E-state index contributed by atoms with van der Waals surface area (Å²) in [6.45, 7) is 4.25. The Morgan fingerprint density at radius 2 is 2.19 bits per heavy atom. The highest BCUT2D eigenvalue weighted by molar-refractivity contribution is 9.10. The van der Waals surface area contributed by atoms with Crippen molar-refractivity contribution in [3.63, 3.8) is 0 Å². The molecule has 0 saturated heterocycles. The van der Waals surface area contributed by atoms with Crippen molar-refractivity contribution >= 4 is 22.0 Å². The number of hydrogen-bond donors (Lipinski definition) is 1. The molecule has 0 bridgehead atoms. The van der Waals surface area contributed by atoms with Gasteiger partial charge in [-0.25, -0.2) is 0 Å². The van der Waals surface area contributed by atoms with Crippen LogP contribution in [0.25, 0.3) is 6.08 Å². The van der Waals surface area contributed by atoms with E-state index in [0.717, 1.165) is 15.8 Å². The lowest BCUT2D eigenvalue weighted by molar-refractivity contribution is 0.413. The van der Waals surface area contributed by atoms with Crippen LogP contribution in [0.4, 0.5) is 0 Å². The molecule has 0 radical (unpaired) electrons. The summed E-state index contributed by atoms with van der Waals surface area (Å²) in [5, 5.41) is 3.22. The zero-order valence-corrected chi connectivity index (χ0v) is 11.8. The van der Waals surface area contributed by atoms with Crippen molar-refractivity contribution in [2.24, 2.45) is 0 Å². The van der Waals surface area contributed by atoms with Crippen molar-refractivity contribution in [3.8, 4) is 5.75 Å². The van der Waals surface area contributed by atoms with E-state index in [0.29, 0.717) is 6.04 Å². The van der Waals surface area contributed by atoms with Gasteiger partial charge in [0, 0.05) is 16.1 Å². The minimum atomic E-state index is 0.365. The van der Waals surface area contributed by atoms with Gasteiger partial charge in [-0.3, -0.25) is 0 Å². The van der Waals surface area contributed by atoms with Crippen LogP contribution in [0.15, 0.2) is 28.2 Å². The molecular formula is C13H18BrNO. The van der Waals surface area contributed by atoms with Gasteiger partial charge >= 0.3 is 0 Å². The van der Waals surface area contributed by atoms with E-state index in [1.165, 1.54) is 5.57 Å². The summed E-state index contributed by atoms with van der Waals surface area (Å²) in [6.07, 6.45) is 2.14. The van der Waals surface area contributed by atoms with E-state index in [2.05, 4.69) is 47.2 Å². The van der Waals surface area contributed by atoms with E-state index in [-0.39, 0.29) is 0 Å². The van der Waals surface area contributed by atoms with Gasteiger partial charge in [0.1, 0.15) is 5.75 Å². The second kappa shape index (κ2) is 6.06. The Labute approximate surface area is 106 Å². The minimum absolute atomic E-state index is 0.365. The third-order valence-corrected chi connectivity index (χ3v) is 3.18. The maximum atomic E-state index is 5.33. The summed E-state index contributed by atoms with van der Waals surface area (Å²) in [5.74, 6) is 0.894. The zero-order chi connectivity index (χ0) is 12.1. The number of benzene rings is 1. The summed E-state index contributed by atoms with van der Waals surface area (Å²) < 4.78 is 6.39. The van der Waals surface area contributed by atoms with E-state index in [4.69, 9.17) is 4.74 Å². The maximum Gasteiger partial charge on any atom is 0.126 e. The van der Waals surface area contributed by atoms with Crippen LogP contribution in [-0.2, 0) is 0 Å². The van der Waals surface area contributed by atoms with Crippen molar-refractivity contribution in [2.75, 3.05) is 14.2 Å². The number of rotatable bonds is 4. The normalized spacial score (nSPS) is 13.7. The first kappa shape index (κ1) is 13.3. The number of nitrogens with one attached hydrogen (secondary N) is 1. The van der Waals surface area contributed by atoms with Gasteiger partial charge in [0.25, 0.3) is 0 Å². The van der Waals surface area contributed by atoms with Crippen LogP contribution >= 0.6 is 15.9 Å². The predicted octanol–water partition coefficient (Wildman–Crippen LogP) is 3.47. The van der Waals surface area contributed by atoms with Crippen molar-refractivity contribution in [3.05, 3.63) is 33.8 Å². The molecule has 0 aliphatic carbocycles. The summed E-state index contributed by atoms with van der Waals surface area (Å²) in [4.78, 5) is 0. The van der Waals surface area contributed by atoms with Crippen LogP contribution in [0.3, 0.4) is 0 Å². The molecule has 0 aromatic heterocycles. The molecule has 1 rings (SSSR count). The average Bonchev–Trinajstić information content (AvgIpc) is 2.28. The lowest BCUT2D eigenvalue weighted by Gasteiger charge is -2.12. The Bertz CT molecular complexity index is 388. The molecular weight excluding hydrogens is 266 g/mol. The molecule has 2 nitrogen and oxygen atoms in total. The zero-order valence-electron chi connectivity index (χ0n) is 10.2. The smallest absolute Gasteiger partial charge is 0.126 e. The summed E-state index contributed by atoms with van der Waals surface area (Å²) in [5.41, 5.74) is 2.37. The predicted molar refractivity (Wildman–Crippen MR) is 72.9 cm³/mol. The molecule has 0 spiro atoms. The highest BCUT2D eigenvalue weighted by Crippen LogP contribution is 2.25. The van der Waals surface area contributed by atoms with Crippen LogP contribution in [0.2, 0.25) is 0 Å². The molecule has 1 aromatic carbocycles. The van der Waals surface area contributed by atoms with Gasteiger partial charge in [0.15, 0.2) is 0 Å². The second-order valence-corrected chi connectivity index (χ2v) is 4.70. The molecule has 3 heteroatoms. The van der Waals surface area contributed by atoms with Crippen LogP contribution in [0, 0.1) is 0 Å². The average molecular weight is 284 g/mol. The summed E-state index contributed by atoms with van der Waals surface area (Å²) in [6, 6.07) is 6.37. The first-order valence-electron chi connectivity index (χ1n) is 5.27. The lowest BCUT2D eigenvalue weighted by atomic mass is 10.1. The molecule has 1 N–H and O–H groups in total. The fourth-order valence-electron chi connectivity index (χ4n) is 1.42. The third kappa shape index (κ3) is 3.35. The van der Waals surface area contributed by atoms with Gasteiger partial charge in [0.05, 0.1) is 7.11 Å². The van der Waals surface area contributed by atoms with Gasteiger partial charge in [-0.15, -0.1) is 0 Å². The highest BCUT2D eigenvalue weighted by Gasteiger charge is 2.04. The van der Waals surface area contributed by atoms with E-state index >= 15 is 0 Å². The number of likely N-dealkylation sites (N-methyl/N-ethyl adjacent to an activating group) is 1. The van der Waals surface area contributed by atoms with Gasteiger partial charge < -0.3 is 10.1 Å². The molecule has 1 aromatic rings. The molecule has 88 valence electrons.